The number of carbonyl (C=O) groups is 2. The molecule has 186 valence electrons. The summed E-state index contributed by atoms with van der Waals surface area (Å²) in [5, 5.41) is 5.93. The lowest BCUT2D eigenvalue weighted by atomic mass is 9.72. The smallest absolute Gasteiger partial charge is 0.323 e. The van der Waals surface area contributed by atoms with E-state index in [0.29, 0.717) is 18.4 Å². The van der Waals surface area contributed by atoms with Crippen molar-refractivity contribution in [3.63, 3.8) is 0 Å². The Balaban J connectivity index is 0.00000193. The fraction of sp³-hybridized carbons (Fsp3) is 0.708. The Morgan fingerprint density at radius 1 is 1.27 bits per heavy atom. The van der Waals surface area contributed by atoms with E-state index >= 15 is 0 Å². The molecule has 1 aliphatic carbocycles. The van der Waals surface area contributed by atoms with Gasteiger partial charge < -0.3 is 14.8 Å². The highest BCUT2D eigenvalue weighted by molar-refractivity contribution is 8.93. The van der Waals surface area contributed by atoms with Gasteiger partial charge in [-0.1, -0.05) is 32.6 Å². The van der Waals surface area contributed by atoms with Crippen LogP contribution in [0.3, 0.4) is 0 Å². The van der Waals surface area contributed by atoms with E-state index in [1.807, 2.05) is 12.3 Å². The van der Waals surface area contributed by atoms with Gasteiger partial charge in [-0.15, -0.1) is 45.3 Å². The standard InChI is InChI=1S/C24H34N2O4S.2BrH/c1-3-4-5-6-8-16-11-17-21(12-20(16)30-24(28)19-9-7-10-25-19)29-13-18(22(17)27)23-26-15(2)14-31-23;;/h13-14,16-17,19-21,25H,3-12H2,1-2H3;2*1H. The lowest BCUT2D eigenvalue weighted by Crippen LogP contribution is -2.47. The molecule has 1 N–H and O–H groups in total. The Labute approximate surface area is 221 Å². The van der Waals surface area contributed by atoms with Crippen LogP contribution in [0.25, 0.3) is 5.57 Å². The van der Waals surface area contributed by atoms with Crippen molar-refractivity contribution in [1.82, 2.24) is 10.3 Å². The number of allylic oxidation sites excluding steroid dienone is 1. The summed E-state index contributed by atoms with van der Waals surface area (Å²) in [4.78, 5) is 30.5. The third kappa shape index (κ3) is 6.89. The number of hydrogen-bond donors (Lipinski definition) is 1. The Kier molecular flexibility index (Phi) is 11.5. The zero-order valence-electron chi connectivity index (χ0n) is 19.4. The van der Waals surface area contributed by atoms with Gasteiger partial charge in [0.25, 0.3) is 0 Å². The molecule has 9 heteroatoms. The van der Waals surface area contributed by atoms with E-state index in [4.69, 9.17) is 9.47 Å². The lowest BCUT2D eigenvalue weighted by Gasteiger charge is -2.42. The first-order valence-corrected chi connectivity index (χ1v) is 12.7. The van der Waals surface area contributed by atoms with Gasteiger partial charge in [0.05, 0.1) is 17.8 Å². The average Bonchev–Trinajstić information content (AvgIpc) is 3.44. The van der Waals surface area contributed by atoms with Gasteiger partial charge in [0, 0.05) is 17.5 Å². The highest BCUT2D eigenvalue weighted by Gasteiger charge is 2.46. The maximum absolute atomic E-state index is 13.3. The number of rotatable bonds is 8. The van der Waals surface area contributed by atoms with Crippen LogP contribution >= 0.6 is 45.3 Å². The predicted octanol–water partition coefficient (Wildman–Crippen LogP) is 5.58. The van der Waals surface area contributed by atoms with Crippen molar-refractivity contribution >= 4 is 62.6 Å². The zero-order valence-corrected chi connectivity index (χ0v) is 23.7. The molecule has 4 rings (SSSR count). The molecule has 0 spiro atoms. The number of thiazole rings is 1. The van der Waals surface area contributed by atoms with Crippen LogP contribution in [-0.2, 0) is 19.1 Å². The summed E-state index contributed by atoms with van der Waals surface area (Å²) < 4.78 is 12.1. The molecule has 0 radical (unpaired) electrons. The SMILES string of the molecule is Br.Br.CCCCCCC1CC2C(=O)C(c3nc(C)cs3)=COC2CC1OC(=O)C1CCCN1. The van der Waals surface area contributed by atoms with Crippen LogP contribution in [0.1, 0.15) is 75.4 Å². The molecular formula is C24H36Br2N2O4S. The number of Topliss-reactive ketones (excluding diaryl/α,β-unsaturated/α-hetero) is 1. The molecule has 5 unspecified atom stereocenters. The number of ether oxygens (including phenoxy) is 2. The second-order valence-electron chi connectivity index (χ2n) is 9.18. The van der Waals surface area contributed by atoms with E-state index in [-0.39, 0.29) is 75.8 Å². The molecule has 3 heterocycles. The van der Waals surface area contributed by atoms with Crippen molar-refractivity contribution in [2.75, 3.05) is 6.54 Å². The molecule has 1 aromatic heterocycles. The van der Waals surface area contributed by atoms with Crippen LogP contribution in [0.4, 0.5) is 0 Å². The molecule has 33 heavy (non-hydrogen) atoms. The summed E-state index contributed by atoms with van der Waals surface area (Å²) in [6, 6.07) is -0.188. The Hall–Kier alpha value is -0.770. The van der Waals surface area contributed by atoms with Gasteiger partial charge >= 0.3 is 5.97 Å². The van der Waals surface area contributed by atoms with E-state index in [0.717, 1.165) is 42.9 Å². The molecule has 1 saturated heterocycles. The van der Waals surface area contributed by atoms with Crippen LogP contribution in [0.5, 0.6) is 0 Å². The molecule has 0 bridgehead atoms. The Morgan fingerprint density at radius 2 is 2.09 bits per heavy atom. The van der Waals surface area contributed by atoms with E-state index < -0.39 is 0 Å². The van der Waals surface area contributed by atoms with Crippen molar-refractivity contribution < 1.29 is 19.1 Å². The molecule has 6 nitrogen and oxygen atoms in total. The van der Waals surface area contributed by atoms with Crippen LogP contribution in [0, 0.1) is 18.8 Å². The molecular weight excluding hydrogens is 572 g/mol. The molecule has 2 fully saturated rings. The van der Waals surface area contributed by atoms with Crippen molar-refractivity contribution in [3.8, 4) is 0 Å². The number of hydrogen-bond acceptors (Lipinski definition) is 7. The maximum Gasteiger partial charge on any atom is 0.323 e. The molecule has 0 aromatic carbocycles. The van der Waals surface area contributed by atoms with Gasteiger partial charge in [-0.3, -0.25) is 9.59 Å². The number of esters is 1. The number of unbranched alkanes of at least 4 members (excludes halogenated alkanes) is 3. The quantitative estimate of drug-likeness (QED) is 0.307. The number of carbonyl (C=O) groups excluding carboxylic acids is 2. The number of halogens is 2. The highest BCUT2D eigenvalue weighted by Crippen LogP contribution is 2.42. The molecule has 0 amide bonds. The van der Waals surface area contributed by atoms with Gasteiger partial charge in [0.15, 0.2) is 5.78 Å². The van der Waals surface area contributed by atoms with Crippen LogP contribution in [0.2, 0.25) is 0 Å². The molecule has 3 aliphatic rings. The predicted molar refractivity (Wildman–Crippen MR) is 141 cm³/mol. The second-order valence-corrected chi connectivity index (χ2v) is 10.0. The number of ketones is 1. The maximum atomic E-state index is 13.3. The average molecular weight is 608 g/mol. The van der Waals surface area contributed by atoms with Crippen molar-refractivity contribution in [2.24, 2.45) is 11.8 Å². The summed E-state index contributed by atoms with van der Waals surface area (Å²) in [6.45, 7) is 5.01. The van der Waals surface area contributed by atoms with Crippen LogP contribution in [0.15, 0.2) is 11.6 Å². The van der Waals surface area contributed by atoms with Gasteiger partial charge in [-0.2, -0.15) is 0 Å². The fourth-order valence-electron chi connectivity index (χ4n) is 5.09. The minimum absolute atomic E-state index is 0. The third-order valence-corrected chi connectivity index (χ3v) is 7.84. The van der Waals surface area contributed by atoms with Crippen LogP contribution < -0.4 is 5.32 Å². The van der Waals surface area contributed by atoms with Crippen molar-refractivity contribution in [2.45, 2.75) is 89.9 Å². The van der Waals surface area contributed by atoms with E-state index in [9.17, 15) is 9.59 Å². The van der Waals surface area contributed by atoms with Crippen molar-refractivity contribution in [1.29, 1.82) is 0 Å². The van der Waals surface area contributed by atoms with Gasteiger partial charge in [-0.05, 0) is 45.1 Å². The largest absolute Gasteiger partial charge is 0.496 e. The van der Waals surface area contributed by atoms with E-state index in [1.54, 1.807) is 6.26 Å². The Morgan fingerprint density at radius 3 is 2.76 bits per heavy atom. The number of fused-ring (bicyclic) bond motifs is 1. The van der Waals surface area contributed by atoms with Gasteiger partial charge in [0.2, 0.25) is 0 Å². The summed E-state index contributed by atoms with van der Waals surface area (Å²) in [5.74, 6) is 0.0101. The lowest BCUT2D eigenvalue weighted by molar-refractivity contribution is -0.162. The second kappa shape index (κ2) is 13.4. The number of nitrogens with zero attached hydrogens (tertiary/aromatic N) is 1. The highest BCUT2D eigenvalue weighted by atomic mass is 79.9. The van der Waals surface area contributed by atoms with E-state index in [2.05, 4.69) is 17.2 Å². The normalized spacial score (nSPS) is 28.6. The number of aromatic nitrogens is 1. The topological polar surface area (TPSA) is 77.5 Å². The van der Waals surface area contributed by atoms with E-state index in [1.165, 1.54) is 30.6 Å². The fourth-order valence-corrected chi connectivity index (χ4v) is 5.89. The minimum Gasteiger partial charge on any atom is -0.496 e. The summed E-state index contributed by atoms with van der Waals surface area (Å²) in [6.07, 6.45) is 10.0. The molecule has 1 saturated carbocycles. The first-order valence-electron chi connectivity index (χ1n) is 11.8. The summed E-state index contributed by atoms with van der Waals surface area (Å²) in [5.41, 5.74) is 1.51. The number of aryl methyl sites for hydroxylation is 1. The molecule has 2 aliphatic heterocycles. The number of nitrogens with one attached hydrogen (secondary N) is 1. The van der Waals surface area contributed by atoms with Gasteiger partial charge in [0.1, 0.15) is 23.3 Å². The monoisotopic (exact) mass is 606 g/mol. The van der Waals surface area contributed by atoms with Crippen molar-refractivity contribution in [3.05, 3.63) is 22.3 Å². The minimum atomic E-state index is -0.224. The first-order chi connectivity index (χ1) is 15.1. The third-order valence-electron chi connectivity index (χ3n) is 6.85. The summed E-state index contributed by atoms with van der Waals surface area (Å²) in [7, 11) is 0. The Bertz CT molecular complexity index is 825. The molecule has 5 atom stereocenters. The van der Waals surface area contributed by atoms with Gasteiger partial charge in [-0.25, -0.2) is 4.98 Å². The molecule has 1 aromatic rings. The first kappa shape index (κ1) is 28.5. The van der Waals surface area contributed by atoms with Crippen LogP contribution in [-0.4, -0.2) is 41.5 Å². The zero-order chi connectivity index (χ0) is 21.8. The summed E-state index contributed by atoms with van der Waals surface area (Å²) >= 11 is 1.49.